The molecule has 1 heterocycles. The van der Waals surface area contributed by atoms with Crippen molar-refractivity contribution in [1.29, 1.82) is 0 Å². The second-order valence-corrected chi connectivity index (χ2v) is 6.54. The molecule has 0 unspecified atom stereocenters. The Morgan fingerprint density at radius 1 is 0.963 bits per heavy atom. The molecule has 0 bridgehead atoms. The first-order chi connectivity index (χ1) is 13.0. The van der Waals surface area contributed by atoms with Gasteiger partial charge in [-0.05, 0) is 54.6 Å². The number of anilines is 2. The van der Waals surface area contributed by atoms with Crippen molar-refractivity contribution < 1.29 is 14.3 Å². The number of carbonyl (C=O) groups is 2. The fourth-order valence-electron chi connectivity index (χ4n) is 2.33. The molecule has 0 saturated carbocycles. The molecule has 2 N–H and O–H groups in total. The van der Waals surface area contributed by atoms with E-state index in [0.29, 0.717) is 22.7 Å². The molecule has 0 saturated heterocycles. The summed E-state index contributed by atoms with van der Waals surface area (Å²) in [6, 6.07) is 17.4. The zero-order valence-electron chi connectivity index (χ0n) is 14.4. The molecule has 7 heteroatoms. The van der Waals surface area contributed by atoms with E-state index in [0.717, 1.165) is 4.47 Å². The lowest BCUT2D eigenvalue weighted by Gasteiger charge is -2.11. The summed E-state index contributed by atoms with van der Waals surface area (Å²) in [4.78, 5) is 27.9. The lowest BCUT2D eigenvalue weighted by Crippen LogP contribution is -2.13. The number of halogens is 1. The molecule has 2 aromatic carbocycles. The lowest BCUT2D eigenvalue weighted by molar-refractivity contribution is -0.114. The molecule has 0 radical (unpaired) electrons. The number of nitrogens with zero attached hydrogens (tertiary/aromatic N) is 1. The second-order valence-electron chi connectivity index (χ2n) is 5.63. The van der Waals surface area contributed by atoms with E-state index in [2.05, 4.69) is 31.5 Å². The Hall–Kier alpha value is -3.19. The summed E-state index contributed by atoms with van der Waals surface area (Å²) in [5.41, 5.74) is 1.55. The van der Waals surface area contributed by atoms with E-state index >= 15 is 0 Å². The zero-order chi connectivity index (χ0) is 19.2. The number of benzene rings is 2. The van der Waals surface area contributed by atoms with Gasteiger partial charge in [-0.1, -0.05) is 22.0 Å². The summed E-state index contributed by atoms with van der Waals surface area (Å²) in [5.74, 6) is 0.275. The number of aromatic nitrogens is 1. The van der Waals surface area contributed by atoms with Gasteiger partial charge in [0.15, 0.2) is 0 Å². The summed E-state index contributed by atoms with van der Waals surface area (Å²) >= 11 is 3.38. The van der Waals surface area contributed by atoms with Crippen LogP contribution in [0.5, 0.6) is 11.6 Å². The van der Waals surface area contributed by atoms with E-state index in [4.69, 9.17) is 4.74 Å². The van der Waals surface area contributed by atoms with Gasteiger partial charge >= 0.3 is 0 Å². The molecule has 0 atom stereocenters. The first-order valence-electron chi connectivity index (χ1n) is 8.09. The normalized spacial score (nSPS) is 10.1. The van der Waals surface area contributed by atoms with Gasteiger partial charge in [0, 0.05) is 29.0 Å². The molecule has 6 nitrogen and oxygen atoms in total. The molecule has 0 spiro atoms. The van der Waals surface area contributed by atoms with E-state index in [1.807, 2.05) is 12.1 Å². The van der Waals surface area contributed by atoms with Gasteiger partial charge in [0.2, 0.25) is 11.8 Å². The molecule has 136 valence electrons. The van der Waals surface area contributed by atoms with Crippen LogP contribution in [0.2, 0.25) is 0 Å². The fourth-order valence-corrected chi connectivity index (χ4v) is 2.70. The van der Waals surface area contributed by atoms with Gasteiger partial charge in [0.1, 0.15) is 11.3 Å². The van der Waals surface area contributed by atoms with Crippen molar-refractivity contribution in [2.75, 3.05) is 10.6 Å². The Labute approximate surface area is 164 Å². The van der Waals surface area contributed by atoms with Crippen molar-refractivity contribution in [2.24, 2.45) is 0 Å². The van der Waals surface area contributed by atoms with Gasteiger partial charge in [-0.25, -0.2) is 4.98 Å². The number of rotatable bonds is 5. The van der Waals surface area contributed by atoms with Crippen LogP contribution in [0.3, 0.4) is 0 Å². The number of carbonyl (C=O) groups excluding carboxylic acids is 2. The van der Waals surface area contributed by atoms with Crippen LogP contribution >= 0.6 is 15.9 Å². The van der Waals surface area contributed by atoms with E-state index < -0.39 is 0 Å². The molecule has 3 rings (SSSR count). The first-order valence-corrected chi connectivity index (χ1v) is 8.88. The lowest BCUT2D eigenvalue weighted by atomic mass is 10.2. The maximum atomic E-state index is 12.6. The predicted octanol–water partition coefficient (Wildman–Crippen LogP) is 4.85. The average Bonchev–Trinajstić information content (AvgIpc) is 2.63. The van der Waals surface area contributed by atoms with Crippen molar-refractivity contribution in [3.05, 3.63) is 76.9 Å². The molecule has 0 fully saturated rings. The molecule has 27 heavy (non-hydrogen) atoms. The van der Waals surface area contributed by atoms with Gasteiger partial charge in [0.25, 0.3) is 5.91 Å². The number of amides is 2. The third-order valence-corrected chi connectivity index (χ3v) is 3.98. The van der Waals surface area contributed by atoms with Crippen LogP contribution in [0.25, 0.3) is 0 Å². The highest BCUT2D eigenvalue weighted by Crippen LogP contribution is 2.26. The van der Waals surface area contributed by atoms with Gasteiger partial charge in [0.05, 0.1) is 0 Å². The number of hydrogen-bond acceptors (Lipinski definition) is 4. The van der Waals surface area contributed by atoms with Crippen LogP contribution in [-0.2, 0) is 4.79 Å². The van der Waals surface area contributed by atoms with Gasteiger partial charge in [-0.2, -0.15) is 0 Å². The van der Waals surface area contributed by atoms with E-state index in [1.165, 1.54) is 6.92 Å². The first kappa shape index (κ1) is 18.6. The SMILES string of the molecule is CC(=O)Nc1ccc(NC(=O)c2cccnc2Oc2cccc(Br)c2)cc1. The summed E-state index contributed by atoms with van der Waals surface area (Å²) in [7, 11) is 0. The van der Waals surface area contributed by atoms with Crippen LogP contribution in [0.15, 0.2) is 71.3 Å². The molecule has 3 aromatic rings. The van der Waals surface area contributed by atoms with E-state index in [-0.39, 0.29) is 17.7 Å². The van der Waals surface area contributed by atoms with Crippen molar-refractivity contribution in [3.8, 4) is 11.6 Å². The van der Waals surface area contributed by atoms with Crippen LogP contribution in [0, 0.1) is 0 Å². The Kier molecular flexibility index (Phi) is 5.83. The summed E-state index contributed by atoms with van der Waals surface area (Å²) in [5, 5.41) is 5.47. The number of nitrogens with one attached hydrogen (secondary N) is 2. The number of ether oxygens (including phenoxy) is 1. The van der Waals surface area contributed by atoms with Crippen molar-refractivity contribution in [1.82, 2.24) is 4.98 Å². The molecule has 0 aliphatic heterocycles. The van der Waals surface area contributed by atoms with Crippen molar-refractivity contribution >= 4 is 39.1 Å². The van der Waals surface area contributed by atoms with Crippen molar-refractivity contribution in [3.63, 3.8) is 0 Å². The quantitative estimate of drug-likeness (QED) is 0.612. The minimum atomic E-state index is -0.347. The zero-order valence-corrected chi connectivity index (χ0v) is 16.0. The van der Waals surface area contributed by atoms with Crippen LogP contribution in [-0.4, -0.2) is 16.8 Å². The molecule has 0 aliphatic carbocycles. The third kappa shape index (κ3) is 5.15. The highest BCUT2D eigenvalue weighted by Gasteiger charge is 2.15. The fraction of sp³-hybridized carbons (Fsp3) is 0.0500. The third-order valence-electron chi connectivity index (χ3n) is 3.49. The topological polar surface area (TPSA) is 80.3 Å². The average molecular weight is 426 g/mol. The maximum Gasteiger partial charge on any atom is 0.261 e. The van der Waals surface area contributed by atoms with Crippen LogP contribution < -0.4 is 15.4 Å². The highest BCUT2D eigenvalue weighted by molar-refractivity contribution is 9.10. The summed E-state index contributed by atoms with van der Waals surface area (Å²) in [6.07, 6.45) is 1.56. The largest absolute Gasteiger partial charge is 0.438 e. The van der Waals surface area contributed by atoms with E-state index in [9.17, 15) is 9.59 Å². The molecule has 0 aliphatic rings. The molecular weight excluding hydrogens is 410 g/mol. The standard InChI is InChI=1S/C20H16BrN3O3/c1-13(25)23-15-7-9-16(10-8-15)24-19(26)18-6-3-11-22-20(18)27-17-5-2-4-14(21)12-17/h2-12H,1H3,(H,23,25)(H,24,26). The van der Waals surface area contributed by atoms with Crippen molar-refractivity contribution in [2.45, 2.75) is 6.92 Å². The van der Waals surface area contributed by atoms with Crippen LogP contribution in [0.1, 0.15) is 17.3 Å². The maximum absolute atomic E-state index is 12.6. The molecular formula is C20H16BrN3O3. The smallest absolute Gasteiger partial charge is 0.261 e. The highest BCUT2D eigenvalue weighted by atomic mass is 79.9. The van der Waals surface area contributed by atoms with E-state index in [1.54, 1.807) is 54.7 Å². The Morgan fingerprint density at radius 3 is 2.33 bits per heavy atom. The minimum absolute atomic E-state index is 0.156. The second kappa shape index (κ2) is 8.46. The minimum Gasteiger partial charge on any atom is -0.438 e. The summed E-state index contributed by atoms with van der Waals surface area (Å²) < 4.78 is 6.62. The van der Waals surface area contributed by atoms with Gasteiger partial charge < -0.3 is 15.4 Å². The molecule has 1 aromatic heterocycles. The van der Waals surface area contributed by atoms with Gasteiger partial charge in [-0.15, -0.1) is 0 Å². The summed E-state index contributed by atoms with van der Waals surface area (Å²) in [6.45, 7) is 1.44. The Morgan fingerprint density at radius 2 is 1.67 bits per heavy atom. The molecule has 2 amide bonds. The number of pyridine rings is 1. The Balaban J connectivity index is 1.76. The predicted molar refractivity (Wildman–Crippen MR) is 107 cm³/mol. The number of hydrogen-bond donors (Lipinski definition) is 2. The Bertz CT molecular complexity index is 974. The monoisotopic (exact) mass is 425 g/mol. The van der Waals surface area contributed by atoms with Crippen LogP contribution in [0.4, 0.5) is 11.4 Å². The van der Waals surface area contributed by atoms with Gasteiger partial charge in [-0.3, -0.25) is 9.59 Å².